The molecule has 9 heteroatoms. The molecular formula is C22H26ClN5O2S. The Balaban J connectivity index is 1.43. The van der Waals surface area contributed by atoms with Crippen LogP contribution in [0.5, 0.6) is 5.75 Å². The van der Waals surface area contributed by atoms with Gasteiger partial charge in [0.05, 0.1) is 16.3 Å². The first-order chi connectivity index (χ1) is 15.0. The van der Waals surface area contributed by atoms with Gasteiger partial charge in [0, 0.05) is 6.04 Å². The van der Waals surface area contributed by atoms with Gasteiger partial charge in [0.15, 0.2) is 11.0 Å². The molecule has 164 valence electrons. The second kappa shape index (κ2) is 9.49. The van der Waals surface area contributed by atoms with Crippen molar-refractivity contribution in [2.75, 3.05) is 0 Å². The molecule has 2 aliphatic carbocycles. The number of amides is 1. The average molecular weight is 460 g/mol. The lowest BCUT2D eigenvalue weighted by atomic mass is 9.83. The van der Waals surface area contributed by atoms with Gasteiger partial charge in [-0.1, -0.05) is 54.8 Å². The predicted octanol–water partition coefficient (Wildman–Crippen LogP) is 4.67. The number of hydrogen-bond donors (Lipinski definition) is 1. The number of halogens is 1. The Hall–Kier alpha value is -2.24. The number of hydrogen-bond acceptors (Lipinski definition) is 6. The van der Waals surface area contributed by atoms with Gasteiger partial charge >= 0.3 is 0 Å². The van der Waals surface area contributed by atoms with Crippen molar-refractivity contribution in [1.82, 2.24) is 20.1 Å². The van der Waals surface area contributed by atoms with Crippen LogP contribution in [-0.4, -0.2) is 31.5 Å². The molecule has 2 saturated carbocycles. The molecule has 7 nitrogen and oxygen atoms in total. The van der Waals surface area contributed by atoms with E-state index in [1.165, 1.54) is 11.8 Å². The van der Waals surface area contributed by atoms with Gasteiger partial charge in [0.2, 0.25) is 5.91 Å². The molecule has 2 fully saturated rings. The van der Waals surface area contributed by atoms with Crippen LogP contribution in [0, 0.1) is 11.3 Å². The molecule has 1 atom stereocenters. The van der Waals surface area contributed by atoms with Crippen molar-refractivity contribution in [3.8, 4) is 11.8 Å². The SMILES string of the molecule is CC(Sc1nnc(COc2ccccc2Cl)n1C1CC1)C(=O)NC1(C#N)CCCCC1. The minimum Gasteiger partial charge on any atom is -0.484 e. The van der Waals surface area contributed by atoms with Crippen molar-refractivity contribution >= 4 is 29.3 Å². The van der Waals surface area contributed by atoms with Crippen molar-refractivity contribution in [2.24, 2.45) is 0 Å². The summed E-state index contributed by atoms with van der Waals surface area (Å²) in [7, 11) is 0. The van der Waals surface area contributed by atoms with E-state index >= 15 is 0 Å². The van der Waals surface area contributed by atoms with Gasteiger partial charge in [-0.2, -0.15) is 5.26 Å². The van der Waals surface area contributed by atoms with Crippen LogP contribution in [0.3, 0.4) is 0 Å². The first-order valence-electron chi connectivity index (χ1n) is 10.7. The molecule has 4 rings (SSSR count). The summed E-state index contributed by atoms with van der Waals surface area (Å²) >= 11 is 7.55. The van der Waals surface area contributed by atoms with Crippen LogP contribution in [0.2, 0.25) is 5.02 Å². The maximum absolute atomic E-state index is 12.9. The molecule has 0 aliphatic heterocycles. The maximum atomic E-state index is 12.9. The van der Waals surface area contributed by atoms with Gasteiger partial charge in [0.25, 0.3) is 0 Å². The van der Waals surface area contributed by atoms with E-state index in [0.717, 1.165) is 37.9 Å². The number of nitriles is 1. The number of rotatable bonds is 8. The van der Waals surface area contributed by atoms with Crippen LogP contribution in [0.15, 0.2) is 29.4 Å². The highest BCUT2D eigenvalue weighted by atomic mass is 35.5. The number of ether oxygens (including phenoxy) is 1. The molecule has 31 heavy (non-hydrogen) atoms. The summed E-state index contributed by atoms with van der Waals surface area (Å²) in [6.07, 6.45) is 6.61. The lowest BCUT2D eigenvalue weighted by molar-refractivity contribution is -0.121. The van der Waals surface area contributed by atoms with E-state index in [2.05, 4.69) is 26.2 Å². The van der Waals surface area contributed by atoms with Crippen molar-refractivity contribution in [3.63, 3.8) is 0 Å². The van der Waals surface area contributed by atoms with E-state index < -0.39 is 5.54 Å². The number of carbonyl (C=O) groups excluding carboxylic acids is 1. The number of nitrogens with zero attached hydrogens (tertiary/aromatic N) is 4. The number of para-hydroxylation sites is 1. The van der Waals surface area contributed by atoms with E-state index in [1.54, 1.807) is 6.07 Å². The van der Waals surface area contributed by atoms with E-state index in [-0.39, 0.29) is 17.8 Å². The van der Waals surface area contributed by atoms with Crippen LogP contribution in [0.1, 0.15) is 63.7 Å². The molecule has 1 unspecified atom stereocenters. The van der Waals surface area contributed by atoms with Gasteiger partial charge in [0.1, 0.15) is 17.9 Å². The van der Waals surface area contributed by atoms with Gasteiger partial charge in [-0.3, -0.25) is 9.36 Å². The summed E-state index contributed by atoms with van der Waals surface area (Å²) < 4.78 is 7.93. The van der Waals surface area contributed by atoms with Crippen LogP contribution >= 0.6 is 23.4 Å². The fourth-order valence-corrected chi connectivity index (χ4v) is 4.99. The number of nitrogens with one attached hydrogen (secondary N) is 1. The molecular weight excluding hydrogens is 434 g/mol. The van der Waals surface area contributed by atoms with E-state index in [0.29, 0.717) is 34.8 Å². The van der Waals surface area contributed by atoms with Crippen molar-refractivity contribution in [1.29, 1.82) is 5.26 Å². The van der Waals surface area contributed by atoms with Crippen LogP contribution in [0.25, 0.3) is 0 Å². The smallest absolute Gasteiger partial charge is 0.234 e. The first kappa shape index (κ1) is 22.0. The zero-order valence-electron chi connectivity index (χ0n) is 17.5. The Morgan fingerprint density at radius 1 is 1.35 bits per heavy atom. The van der Waals surface area contributed by atoms with Gasteiger partial charge in [-0.15, -0.1) is 10.2 Å². The minimum atomic E-state index is -0.734. The Morgan fingerprint density at radius 2 is 2.10 bits per heavy atom. The summed E-state index contributed by atoms with van der Waals surface area (Å²) in [5.41, 5.74) is -0.734. The third-order valence-corrected chi connectivity index (χ3v) is 7.14. The first-order valence-corrected chi connectivity index (χ1v) is 12.0. The Kier molecular flexibility index (Phi) is 6.73. The quantitative estimate of drug-likeness (QED) is 0.576. The second-order valence-corrected chi connectivity index (χ2v) is 9.94. The minimum absolute atomic E-state index is 0.132. The lowest BCUT2D eigenvalue weighted by Gasteiger charge is -2.32. The fraction of sp³-hybridized carbons (Fsp3) is 0.545. The molecule has 1 aromatic carbocycles. The molecule has 1 aromatic heterocycles. The molecule has 2 aromatic rings. The topological polar surface area (TPSA) is 92.8 Å². The highest BCUT2D eigenvalue weighted by molar-refractivity contribution is 8.00. The molecule has 2 aliphatic rings. The van der Waals surface area contributed by atoms with Gasteiger partial charge in [-0.05, 0) is 44.7 Å². The van der Waals surface area contributed by atoms with Crippen LogP contribution in [0.4, 0.5) is 0 Å². The highest BCUT2D eigenvalue weighted by Crippen LogP contribution is 2.40. The molecule has 0 bridgehead atoms. The Labute approximate surface area is 191 Å². The highest BCUT2D eigenvalue weighted by Gasteiger charge is 2.36. The summed E-state index contributed by atoms with van der Waals surface area (Å²) in [6.45, 7) is 2.10. The number of carbonyl (C=O) groups is 1. The number of thioether (sulfide) groups is 1. The molecule has 0 saturated heterocycles. The largest absolute Gasteiger partial charge is 0.484 e. The van der Waals surface area contributed by atoms with Gasteiger partial charge < -0.3 is 10.1 Å². The number of aromatic nitrogens is 3. The average Bonchev–Trinajstić information content (AvgIpc) is 3.54. The third kappa shape index (κ3) is 5.16. The van der Waals surface area contributed by atoms with Gasteiger partial charge in [-0.25, -0.2) is 0 Å². The van der Waals surface area contributed by atoms with Crippen LogP contribution < -0.4 is 10.1 Å². The molecule has 0 radical (unpaired) electrons. The van der Waals surface area contributed by atoms with E-state index in [9.17, 15) is 10.1 Å². The molecule has 0 spiro atoms. The Bertz CT molecular complexity index is 979. The van der Waals surface area contributed by atoms with E-state index in [4.69, 9.17) is 16.3 Å². The van der Waals surface area contributed by atoms with Crippen molar-refractivity contribution in [2.45, 2.75) is 80.5 Å². The zero-order chi connectivity index (χ0) is 21.8. The van der Waals surface area contributed by atoms with Crippen molar-refractivity contribution in [3.05, 3.63) is 35.1 Å². The molecule has 1 N–H and O–H groups in total. The monoisotopic (exact) mass is 459 g/mol. The summed E-state index contributed by atoms with van der Waals surface area (Å²) in [5.74, 6) is 1.19. The predicted molar refractivity (Wildman–Crippen MR) is 119 cm³/mol. The maximum Gasteiger partial charge on any atom is 0.234 e. The second-order valence-electron chi connectivity index (χ2n) is 8.22. The fourth-order valence-electron chi connectivity index (χ4n) is 3.86. The Morgan fingerprint density at radius 3 is 2.77 bits per heavy atom. The van der Waals surface area contributed by atoms with Crippen LogP contribution in [-0.2, 0) is 11.4 Å². The standard InChI is InChI=1S/C22H26ClN5O2S/c1-15(20(29)25-22(14-24)11-5-2-6-12-22)31-21-27-26-19(28(21)16-9-10-16)13-30-18-8-4-3-7-17(18)23/h3-4,7-8,15-16H,2,5-6,9-13H2,1H3,(H,25,29). The normalized spacial score (nSPS) is 18.7. The lowest BCUT2D eigenvalue weighted by Crippen LogP contribution is -2.51. The summed E-state index contributed by atoms with van der Waals surface area (Å²) in [6, 6.07) is 10.0. The zero-order valence-corrected chi connectivity index (χ0v) is 19.1. The molecule has 1 amide bonds. The summed E-state index contributed by atoms with van der Waals surface area (Å²) in [4.78, 5) is 12.9. The summed E-state index contributed by atoms with van der Waals surface area (Å²) in [5, 5.41) is 22.2. The van der Waals surface area contributed by atoms with E-state index in [1.807, 2.05) is 25.1 Å². The third-order valence-electron chi connectivity index (χ3n) is 5.78. The number of benzene rings is 1. The van der Waals surface area contributed by atoms with Crippen molar-refractivity contribution < 1.29 is 9.53 Å². The molecule has 1 heterocycles.